The van der Waals surface area contributed by atoms with Crippen molar-refractivity contribution < 1.29 is 23.8 Å². The van der Waals surface area contributed by atoms with Crippen LogP contribution in [0.3, 0.4) is 0 Å². The van der Waals surface area contributed by atoms with Gasteiger partial charge in [-0.3, -0.25) is 4.79 Å². The van der Waals surface area contributed by atoms with E-state index >= 15 is 0 Å². The van der Waals surface area contributed by atoms with E-state index in [0.29, 0.717) is 56.1 Å². The fraction of sp³-hybridized carbons (Fsp3) is 0.524. The Labute approximate surface area is 174 Å². The molecule has 1 aliphatic rings. The van der Waals surface area contributed by atoms with Gasteiger partial charge in [0.15, 0.2) is 0 Å². The lowest BCUT2D eigenvalue weighted by atomic mass is 9.96. The zero-order chi connectivity index (χ0) is 20.9. The number of aliphatic hydroxyl groups is 1. The quantitative estimate of drug-likeness (QED) is 0.743. The lowest BCUT2D eigenvalue weighted by molar-refractivity contribution is -0.135. The average Bonchev–Trinajstić information content (AvgIpc) is 2.95. The van der Waals surface area contributed by atoms with Crippen molar-refractivity contribution in [2.24, 2.45) is 0 Å². The molecule has 1 N–H and O–H groups in total. The molecule has 0 unspecified atom stereocenters. The highest BCUT2D eigenvalue weighted by Crippen LogP contribution is 2.36. The summed E-state index contributed by atoms with van der Waals surface area (Å²) in [7, 11) is 1.51. The number of halogens is 1. The van der Waals surface area contributed by atoms with Gasteiger partial charge in [0, 0.05) is 37.9 Å². The summed E-state index contributed by atoms with van der Waals surface area (Å²) in [4.78, 5) is 19.5. The van der Waals surface area contributed by atoms with Crippen LogP contribution in [0.4, 0.5) is 4.39 Å². The third-order valence-corrected chi connectivity index (χ3v) is 6.55. The number of rotatable bonds is 7. The van der Waals surface area contributed by atoms with Crippen LogP contribution in [0.5, 0.6) is 5.75 Å². The third-order valence-electron chi connectivity index (χ3n) is 5.14. The molecular formula is C21H27FN2O4S. The van der Waals surface area contributed by atoms with Crippen molar-refractivity contribution in [1.29, 1.82) is 0 Å². The molecule has 2 aromatic rings. The Morgan fingerprint density at radius 3 is 2.79 bits per heavy atom. The van der Waals surface area contributed by atoms with Gasteiger partial charge in [-0.15, -0.1) is 11.3 Å². The van der Waals surface area contributed by atoms with Crippen molar-refractivity contribution in [2.75, 3.05) is 33.4 Å². The number of aryl methyl sites for hydroxylation is 1. The molecule has 0 saturated carbocycles. The molecule has 0 bridgehead atoms. The molecule has 158 valence electrons. The van der Waals surface area contributed by atoms with E-state index in [4.69, 9.17) is 9.47 Å². The molecular weight excluding hydrogens is 395 g/mol. The van der Waals surface area contributed by atoms with Gasteiger partial charge in [0.25, 0.3) is 0 Å². The number of hydrogen-bond acceptors (Lipinski definition) is 6. The standard InChI is InChI=1S/C21H27FN2O4S/c1-15-18(8-13-28-17-6-4-16(22)5-7-17)29-20(23-15)21(26)9-3-11-24(12-10-21)19(25)14-27-2/h4-7,26H,3,8-14H2,1-2H3/t21-/m0/s1. The lowest BCUT2D eigenvalue weighted by Crippen LogP contribution is -2.35. The number of nitrogens with zero attached hydrogens (tertiary/aromatic N) is 2. The van der Waals surface area contributed by atoms with Crippen molar-refractivity contribution in [2.45, 2.75) is 38.2 Å². The van der Waals surface area contributed by atoms with E-state index in [2.05, 4.69) is 4.98 Å². The molecule has 1 saturated heterocycles. The van der Waals surface area contributed by atoms with Crippen LogP contribution in [0.2, 0.25) is 0 Å². The van der Waals surface area contributed by atoms with Gasteiger partial charge in [0.05, 0.1) is 12.3 Å². The molecule has 1 atom stereocenters. The molecule has 6 nitrogen and oxygen atoms in total. The first-order chi connectivity index (χ1) is 13.9. The Morgan fingerprint density at radius 1 is 1.31 bits per heavy atom. The molecule has 3 rings (SSSR count). The molecule has 1 aromatic carbocycles. The number of likely N-dealkylation sites (tertiary alicyclic amines) is 1. The number of carbonyl (C=O) groups excluding carboxylic acids is 1. The van der Waals surface area contributed by atoms with Crippen LogP contribution < -0.4 is 4.74 Å². The van der Waals surface area contributed by atoms with E-state index in [1.165, 1.54) is 30.6 Å². The molecule has 2 heterocycles. The maximum Gasteiger partial charge on any atom is 0.248 e. The van der Waals surface area contributed by atoms with Crippen LogP contribution in [0.1, 0.15) is 34.8 Å². The molecule has 8 heteroatoms. The molecule has 1 fully saturated rings. The molecule has 1 amide bonds. The molecule has 29 heavy (non-hydrogen) atoms. The van der Waals surface area contributed by atoms with Gasteiger partial charge in [0.2, 0.25) is 5.91 Å². The van der Waals surface area contributed by atoms with Gasteiger partial charge in [0.1, 0.15) is 28.8 Å². The Kier molecular flexibility index (Phi) is 7.21. The summed E-state index contributed by atoms with van der Waals surface area (Å²) in [6.45, 7) is 3.55. The minimum absolute atomic E-state index is 0.0503. The summed E-state index contributed by atoms with van der Waals surface area (Å²) in [5, 5.41) is 11.9. The van der Waals surface area contributed by atoms with Crippen molar-refractivity contribution in [3.05, 3.63) is 45.7 Å². The Hall–Kier alpha value is -2.03. The molecule has 1 aliphatic heterocycles. The number of amides is 1. The largest absolute Gasteiger partial charge is 0.493 e. The van der Waals surface area contributed by atoms with E-state index in [9.17, 15) is 14.3 Å². The van der Waals surface area contributed by atoms with Crippen molar-refractivity contribution in [1.82, 2.24) is 9.88 Å². The van der Waals surface area contributed by atoms with Crippen molar-refractivity contribution >= 4 is 17.2 Å². The fourth-order valence-electron chi connectivity index (χ4n) is 3.45. The fourth-order valence-corrected chi connectivity index (χ4v) is 4.64. The predicted octanol–water partition coefficient (Wildman–Crippen LogP) is 3.06. The van der Waals surface area contributed by atoms with Gasteiger partial charge in [-0.25, -0.2) is 9.37 Å². The smallest absolute Gasteiger partial charge is 0.248 e. The maximum atomic E-state index is 13.0. The van der Waals surface area contributed by atoms with Crippen LogP contribution in [0, 0.1) is 12.7 Å². The normalized spacial score (nSPS) is 19.8. The zero-order valence-electron chi connectivity index (χ0n) is 16.8. The Balaban J connectivity index is 1.60. The summed E-state index contributed by atoms with van der Waals surface area (Å²) < 4.78 is 23.6. The number of ether oxygens (including phenoxy) is 2. The highest BCUT2D eigenvalue weighted by molar-refractivity contribution is 7.11. The number of benzene rings is 1. The average molecular weight is 423 g/mol. The predicted molar refractivity (Wildman–Crippen MR) is 109 cm³/mol. The SMILES string of the molecule is COCC(=O)N1CCC[C@@](O)(c2nc(C)c(CCOc3ccc(F)cc3)s2)CC1. The van der Waals surface area contributed by atoms with Crippen LogP contribution in [0.25, 0.3) is 0 Å². The number of hydrogen-bond donors (Lipinski definition) is 1. The van der Waals surface area contributed by atoms with Crippen LogP contribution in [-0.4, -0.2) is 54.3 Å². The number of methoxy groups -OCH3 is 1. The van der Waals surface area contributed by atoms with E-state index in [1.807, 2.05) is 6.92 Å². The second-order valence-corrected chi connectivity index (χ2v) is 8.36. The second kappa shape index (κ2) is 9.65. The van der Waals surface area contributed by atoms with Gasteiger partial charge >= 0.3 is 0 Å². The topological polar surface area (TPSA) is 71.9 Å². The Morgan fingerprint density at radius 2 is 2.07 bits per heavy atom. The number of carbonyl (C=O) groups is 1. The number of thiazole rings is 1. The van der Waals surface area contributed by atoms with Crippen LogP contribution in [-0.2, 0) is 21.6 Å². The zero-order valence-corrected chi connectivity index (χ0v) is 17.6. The van der Waals surface area contributed by atoms with E-state index in [-0.39, 0.29) is 18.3 Å². The highest BCUT2D eigenvalue weighted by atomic mass is 32.1. The molecule has 0 radical (unpaired) electrons. The van der Waals surface area contributed by atoms with Gasteiger partial charge in [-0.05, 0) is 44.0 Å². The van der Waals surface area contributed by atoms with Crippen molar-refractivity contribution in [3.63, 3.8) is 0 Å². The number of aromatic nitrogens is 1. The molecule has 0 spiro atoms. The maximum absolute atomic E-state index is 13.0. The van der Waals surface area contributed by atoms with E-state index < -0.39 is 5.60 Å². The first-order valence-electron chi connectivity index (χ1n) is 9.75. The van der Waals surface area contributed by atoms with Gasteiger partial charge in [-0.1, -0.05) is 0 Å². The molecule has 1 aromatic heterocycles. The first kappa shape index (κ1) is 21.7. The monoisotopic (exact) mass is 422 g/mol. The lowest BCUT2D eigenvalue weighted by Gasteiger charge is -2.24. The van der Waals surface area contributed by atoms with Crippen LogP contribution in [0.15, 0.2) is 24.3 Å². The minimum atomic E-state index is -1.02. The summed E-state index contributed by atoms with van der Waals surface area (Å²) in [6, 6.07) is 5.94. The van der Waals surface area contributed by atoms with Crippen molar-refractivity contribution in [3.8, 4) is 5.75 Å². The van der Waals surface area contributed by atoms with E-state index in [0.717, 1.165) is 10.6 Å². The summed E-state index contributed by atoms with van der Waals surface area (Å²) in [6.07, 6.45) is 2.41. The first-order valence-corrected chi connectivity index (χ1v) is 10.6. The van der Waals surface area contributed by atoms with E-state index in [1.54, 1.807) is 17.0 Å². The highest BCUT2D eigenvalue weighted by Gasteiger charge is 2.36. The van der Waals surface area contributed by atoms with Gasteiger partial charge < -0.3 is 19.5 Å². The molecule has 0 aliphatic carbocycles. The van der Waals surface area contributed by atoms with Crippen LogP contribution >= 0.6 is 11.3 Å². The minimum Gasteiger partial charge on any atom is -0.493 e. The summed E-state index contributed by atoms with van der Waals surface area (Å²) in [5.74, 6) is 0.280. The summed E-state index contributed by atoms with van der Waals surface area (Å²) in [5.41, 5.74) is -0.133. The Bertz CT molecular complexity index is 827. The second-order valence-electron chi connectivity index (χ2n) is 7.28. The third kappa shape index (κ3) is 5.52. The summed E-state index contributed by atoms with van der Waals surface area (Å²) >= 11 is 1.50. The van der Waals surface area contributed by atoms with Gasteiger partial charge in [-0.2, -0.15) is 0 Å².